The third-order valence-electron chi connectivity index (χ3n) is 10.5. The second-order valence-electron chi connectivity index (χ2n) is 13.1. The maximum absolute atomic E-state index is 14.2. The van der Waals surface area contributed by atoms with E-state index in [4.69, 9.17) is 4.74 Å². The second-order valence-corrected chi connectivity index (χ2v) is 13.1. The van der Waals surface area contributed by atoms with Crippen LogP contribution in [0, 0.1) is 35.5 Å². The van der Waals surface area contributed by atoms with Crippen molar-refractivity contribution in [1.82, 2.24) is 0 Å². The number of carbonyl (C=O) groups is 6. The third-order valence-corrected chi connectivity index (χ3v) is 10.5. The van der Waals surface area contributed by atoms with Crippen molar-refractivity contribution in [3.05, 3.63) is 101 Å². The van der Waals surface area contributed by atoms with Crippen LogP contribution in [0.5, 0.6) is 11.5 Å². The number of phenols is 1. The van der Waals surface area contributed by atoms with Crippen LogP contribution in [0.15, 0.2) is 84.5 Å². The number of aromatic hydroxyl groups is 1. The molecule has 10 nitrogen and oxygen atoms in total. The van der Waals surface area contributed by atoms with Crippen molar-refractivity contribution in [2.24, 2.45) is 35.5 Å². The highest BCUT2D eigenvalue weighted by Gasteiger charge is 2.61. The summed E-state index contributed by atoms with van der Waals surface area (Å²) in [7, 11) is 1.45. The van der Waals surface area contributed by atoms with Crippen LogP contribution in [-0.4, -0.2) is 47.4 Å². The summed E-state index contributed by atoms with van der Waals surface area (Å²) < 4.78 is 5.27. The first-order valence-electron chi connectivity index (χ1n) is 16.2. The molecule has 6 unspecified atom stereocenters. The fraction of sp³-hybridized carbons (Fsp3) is 0.282. The number of rotatable bonds is 7. The Balaban J connectivity index is 1.28. The Morgan fingerprint density at radius 1 is 0.735 bits per heavy atom. The van der Waals surface area contributed by atoms with Crippen molar-refractivity contribution in [2.75, 3.05) is 16.9 Å². The molecule has 0 spiro atoms. The van der Waals surface area contributed by atoms with E-state index < -0.39 is 35.5 Å². The van der Waals surface area contributed by atoms with E-state index in [9.17, 15) is 33.9 Å². The highest BCUT2D eigenvalue weighted by molar-refractivity contribution is 6.24. The Morgan fingerprint density at radius 2 is 1.29 bits per heavy atom. The SMILES string of the molecule is COc1cc(C=CC2C3=CCC4C(=O)N(c5ccc(C(C)=O)cc5)C(=O)C4C3CC3C(=O)N(c4ccc(C(C)=O)cc4)C(=O)C23)ccc1O. The highest BCUT2D eigenvalue weighted by atomic mass is 16.5. The Kier molecular flexibility index (Phi) is 7.89. The largest absolute Gasteiger partial charge is 0.504 e. The van der Waals surface area contributed by atoms with Crippen LogP contribution in [0.4, 0.5) is 11.4 Å². The molecule has 3 aromatic carbocycles. The van der Waals surface area contributed by atoms with Crippen molar-refractivity contribution in [3.8, 4) is 11.5 Å². The predicted molar refractivity (Wildman–Crippen MR) is 180 cm³/mol. The molecular formula is C39H34N2O8. The Morgan fingerprint density at radius 3 is 1.84 bits per heavy atom. The molecule has 0 radical (unpaired) electrons. The first-order chi connectivity index (χ1) is 23.5. The van der Waals surface area contributed by atoms with Gasteiger partial charge < -0.3 is 9.84 Å². The van der Waals surface area contributed by atoms with Crippen molar-refractivity contribution in [1.29, 1.82) is 0 Å². The number of Topliss-reactive ketones (excluding diaryl/α,β-unsaturated/α-hetero) is 2. The number of hydrogen-bond acceptors (Lipinski definition) is 8. The minimum atomic E-state index is -0.753. The fourth-order valence-electron chi connectivity index (χ4n) is 8.06. The van der Waals surface area contributed by atoms with E-state index in [0.29, 0.717) is 34.5 Å². The van der Waals surface area contributed by atoms with Gasteiger partial charge in [0.1, 0.15) is 0 Å². The molecule has 1 N–H and O–H groups in total. The minimum Gasteiger partial charge on any atom is -0.504 e. The van der Waals surface area contributed by atoms with E-state index in [1.54, 1.807) is 60.7 Å². The third kappa shape index (κ3) is 5.18. The number of methoxy groups -OCH3 is 1. The number of allylic oxidation sites excluding steroid dienone is 3. The summed E-state index contributed by atoms with van der Waals surface area (Å²) in [5, 5.41) is 10.1. The normalized spacial score (nSPS) is 26.1. The lowest BCUT2D eigenvalue weighted by molar-refractivity contribution is -0.126. The van der Waals surface area contributed by atoms with Crippen LogP contribution in [-0.2, 0) is 19.2 Å². The van der Waals surface area contributed by atoms with E-state index in [2.05, 4.69) is 0 Å². The van der Waals surface area contributed by atoms with E-state index in [1.165, 1.54) is 36.8 Å². The first-order valence-corrected chi connectivity index (χ1v) is 16.2. The van der Waals surface area contributed by atoms with Crippen molar-refractivity contribution in [3.63, 3.8) is 0 Å². The van der Waals surface area contributed by atoms with Crippen LogP contribution in [0.3, 0.4) is 0 Å². The molecule has 1 saturated carbocycles. The lowest BCUT2D eigenvalue weighted by Gasteiger charge is -2.42. The van der Waals surface area contributed by atoms with Gasteiger partial charge in [-0.05, 0) is 98.8 Å². The molecule has 3 fully saturated rings. The predicted octanol–water partition coefficient (Wildman–Crippen LogP) is 5.40. The van der Waals surface area contributed by atoms with Crippen LogP contribution in [0.2, 0.25) is 0 Å². The molecule has 248 valence electrons. The maximum atomic E-state index is 14.2. The topological polar surface area (TPSA) is 138 Å². The molecule has 10 heteroatoms. The number of nitrogens with zero attached hydrogens (tertiary/aromatic N) is 2. The van der Waals surface area contributed by atoms with Crippen molar-refractivity contribution in [2.45, 2.75) is 26.7 Å². The molecule has 3 aromatic rings. The van der Waals surface area contributed by atoms with Gasteiger partial charge in [-0.3, -0.25) is 38.6 Å². The summed E-state index contributed by atoms with van der Waals surface area (Å²) in [6.07, 6.45) is 6.17. The minimum absolute atomic E-state index is 0.0219. The number of benzene rings is 3. The van der Waals surface area contributed by atoms with E-state index in [1.807, 2.05) is 18.2 Å². The maximum Gasteiger partial charge on any atom is 0.238 e. The Hall–Kier alpha value is -5.64. The van der Waals surface area contributed by atoms with Gasteiger partial charge in [-0.1, -0.05) is 29.9 Å². The zero-order valence-corrected chi connectivity index (χ0v) is 27.2. The quantitative estimate of drug-likeness (QED) is 0.203. The van der Waals surface area contributed by atoms with Gasteiger partial charge in [-0.15, -0.1) is 0 Å². The summed E-state index contributed by atoms with van der Waals surface area (Å²) in [6, 6.07) is 17.6. The number of amides is 4. The van der Waals surface area contributed by atoms with E-state index in [-0.39, 0.29) is 53.1 Å². The molecule has 6 atom stereocenters. The number of ketones is 2. The van der Waals surface area contributed by atoms with Gasteiger partial charge in [-0.2, -0.15) is 0 Å². The number of anilines is 2. The number of ether oxygens (including phenoxy) is 1. The molecular weight excluding hydrogens is 624 g/mol. The standard InChI is InChI=1S/C39H34N2O8/c1-20(42)23-6-10-25(11-7-23)40-36(45)29-16-15-27-28(14-4-22-5-17-32(44)33(18-22)49-3)34-31(19-30(27)35(29)39(40)48)37(46)41(38(34)47)26-12-8-24(9-13-26)21(2)43/h4-15,17-18,28-31,34-35,44H,16,19H2,1-3H3. The molecule has 2 saturated heterocycles. The molecule has 4 aliphatic rings. The fourth-order valence-corrected chi connectivity index (χ4v) is 8.06. The molecule has 2 heterocycles. The second kappa shape index (κ2) is 12.1. The van der Waals surface area contributed by atoms with Gasteiger partial charge in [0.25, 0.3) is 0 Å². The Labute approximate surface area is 282 Å². The Bertz CT molecular complexity index is 1990. The summed E-state index contributed by atoms with van der Waals surface area (Å²) in [5.41, 5.74) is 3.21. The number of phenolic OH excluding ortho intramolecular Hbond substituents is 1. The molecule has 7 rings (SSSR count). The number of carbonyl (C=O) groups excluding carboxylic acids is 6. The van der Waals surface area contributed by atoms with Gasteiger partial charge in [0.15, 0.2) is 23.1 Å². The van der Waals surface area contributed by atoms with Gasteiger partial charge in [0.05, 0.1) is 42.2 Å². The summed E-state index contributed by atoms with van der Waals surface area (Å²) >= 11 is 0. The van der Waals surface area contributed by atoms with Crippen LogP contribution >= 0.6 is 0 Å². The van der Waals surface area contributed by atoms with Crippen LogP contribution in [0.1, 0.15) is 53.0 Å². The van der Waals surface area contributed by atoms with E-state index in [0.717, 1.165) is 5.57 Å². The smallest absolute Gasteiger partial charge is 0.238 e. The van der Waals surface area contributed by atoms with Gasteiger partial charge in [0, 0.05) is 17.0 Å². The average molecular weight is 659 g/mol. The van der Waals surface area contributed by atoms with Gasteiger partial charge >= 0.3 is 0 Å². The zero-order chi connectivity index (χ0) is 34.7. The molecule has 4 amide bonds. The molecule has 49 heavy (non-hydrogen) atoms. The summed E-state index contributed by atoms with van der Waals surface area (Å²) in [6.45, 7) is 2.88. The van der Waals surface area contributed by atoms with E-state index >= 15 is 0 Å². The lowest BCUT2D eigenvalue weighted by Crippen LogP contribution is -2.43. The van der Waals surface area contributed by atoms with Crippen molar-refractivity contribution < 1.29 is 38.6 Å². The number of imide groups is 2. The summed E-state index contributed by atoms with van der Waals surface area (Å²) in [5.74, 6) is -5.35. The zero-order valence-electron chi connectivity index (χ0n) is 27.2. The molecule has 0 bridgehead atoms. The van der Waals surface area contributed by atoms with Crippen LogP contribution in [0.25, 0.3) is 6.08 Å². The molecule has 2 aliphatic heterocycles. The lowest BCUT2D eigenvalue weighted by atomic mass is 9.58. The van der Waals surface area contributed by atoms with Gasteiger partial charge in [0.2, 0.25) is 23.6 Å². The monoisotopic (exact) mass is 658 g/mol. The van der Waals surface area contributed by atoms with Crippen LogP contribution < -0.4 is 14.5 Å². The highest BCUT2D eigenvalue weighted by Crippen LogP contribution is 2.56. The first kappa shape index (κ1) is 31.9. The van der Waals surface area contributed by atoms with Crippen molar-refractivity contribution >= 4 is 52.6 Å². The molecule has 2 aliphatic carbocycles. The number of hydrogen-bond donors (Lipinski definition) is 1. The van der Waals surface area contributed by atoms with Gasteiger partial charge in [-0.25, -0.2) is 0 Å². The average Bonchev–Trinajstić information content (AvgIpc) is 3.50. The summed E-state index contributed by atoms with van der Waals surface area (Å²) in [4.78, 5) is 82.5. The number of fused-ring (bicyclic) bond motifs is 4. The molecule has 0 aromatic heterocycles.